The number of carbonyl (C=O) groups excluding carboxylic acids is 1. The third-order valence-electron chi connectivity index (χ3n) is 5.20. The summed E-state index contributed by atoms with van der Waals surface area (Å²) in [7, 11) is 0. The quantitative estimate of drug-likeness (QED) is 0.592. The van der Waals surface area contributed by atoms with E-state index in [-0.39, 0.29) is 11.6 Å². The van der Waals surface area contributed by atoms with Crippen LogP contribution in [0.25, 0.3) is 11.3 Å². The van der Waals surface area contributed by atoms with Crippen LogP contribution >= 0.6 is 11.6 Å². The van der Waals surface area contributed by atoms with Gasteiger partial charge in [-0.25, -0.2) is 8.78 Å². The predicted octanol–water partition coefficient (Wildman–Crippen LogP) is 4.62. The number of hydrogen-bond donors (Lipinski definition) is 1. The Hall–Kier alpha value is -3.51. The summed E-state index contributed by atoms with van der Waals surface area (Å²) in [5, 5.41) is 23.1. The lowest BCUT2D eigenvalue weighted by atomic mass is 9.99. The van der Waals surface area contributed by atoms with Crippen molar-refractivity contribution in [3.63, 3.8) is 0 Å². The van der Waals surface area contributed by atoms with Crippen LogP contribution < -0.4 is 0 Å². The highest BCUT2D eigenvalue weighted by molar-refractivity contribution is 6.30. The normalized spacial score (nSPS) is 15.8. The first-order valence-electron chi connectivity index (χ1n) is 9.13. The zero-order valence-corrected chi connectivity index (χ0v) is 16.5. The molecule has 6 nitrogen and oxygen atoms in total. The number of aromatic nitrogens is 1. The smallest absolute Gasteiger partial charge is 0.277 e. The van der Waals surface area contributed by atoms with Crippen LogP contribution in [0.5, 0.6) is 5.75 Å². The summed E-state index contributed by atoms with van der Waals surface area (Å²) in [5.74, 6) is -7.56. The molecule has 0 saturated carbocycles. The molecule has 1 fully saturated rings. The van der Waals surface area contributed by atoms with E-state index in [2.05, 4.69) is 5.16 Å². The molecule has 0 aliphatic carbocycles. The Morgan fingerprint density at radius 1 is 1.26 bits per heavy atom. The molecule has 2 heterocycles. The van der Waals surface area contributed by atoms with E-state index in [0.717, 1.165) is 5.56 Å². The third-order valence-corrected chi connectivity index (χ3v) is 5.45. The zero-order chi connectivity index (χ0) is 22.3. The van der Waals surface area contributed by atoms with Gasteiger partial charge in [0.1, 0.15) is 11.6 Å². The number of carbonyl (C=O) groups is 1. The number of nitrogens with zero attached hydrogens (tertiary/aromatic N) is 3. The van der Waals surface area contributed by atoms with Gasteiger partial charge in [-0.2, -0.15) is 9.65 Å². The molecule has 1 aliphatic heterocycles. The van der Waals surface area contributed by atoms with Gasteiger partial charge >= 0.3 is 0 Å². The summed E-state index contributed by atoms with van der Waals surface area (Å²) < 4.78 is 46.2. The fraction of sp³-hybridized carbons (Fsp3) is 0.190. The minimum atomic E-state index is -1.78. The minimum Gasteiger partial charge on any atom is -0.503 e. The monoisotopic (exact) mass is 447 g/mol. The molecule has 4 rings (SSSR count). The maximum Gasteiger partial charge on any atom is 0.277 e. The van der Waals surface area contributed by atoms with Gasteiger partial charge in [0, 0.05) is 24.0 Å². The molecule has 158 valence electrons. The number of benzene rings is 2. The van der Waals surface area contributed by atoms with E-state index in [1.165, 1.54) is 4.90 Å². The van der Waals surface area contributed by atoms with E-state index in [0.29, 0.717) is 30.6 Å². The first-order chi connectivity index (χ1) is 14.8. The van der Waals surface area contributed by atoms with Gasteiger partial charge in [0.05, 0.1) is 5.56 Å². The van der Waals surface area contributed by atoms with Crippen LogP contribution in [0.3, 0.4) is 0 Å². The number of likely N-dealkylation sites (tertiary alicyclic amines) is 1. The Kier molecular flexibility index (Phi) is 5.33. The van der Waals surface area contributed by atoms with Crippen molar-refractivity contribution in [1.82, 2.24) is 10.1 Å². The number of phenols is 1. The molecular formula is C21H13ClF3N3O3. The largest absolute Gasteiger partial charge is 0.503 e. The first kappa shape index (κ1) is 20.8. The fourth-order valence-corrected chi connectivity index (χ4v) is 3.71. The second-order valence-electron chi connectivity index (χ2n) is 7.02. The van der Waals surface area contributed by atoms with Crippen LogP contribution in [0.15, 0.2) is 34.9 Å². The molecule has 3 aromatic rings. The molecule has 1 atom stereocenters. The van der Waals surface area contributed by atoms with Crippen LogP contribution in [0.4, 0.5) is 13.2 Å². The molecule has 10 heteroatoms. The van der Waals surface area contributed by atoms with Crippen molar-refractivity contribution in [3.8, 4) is 23.1 Å². The molecule has 0 bridgehead atoms. The molecule has 1 unspecified atom stereocenters. The Morgan fingerprint density at radius 2 is 1.97 bits per heavy atom. The van der Waals surface area contributed by atoms with E-state index in [1.54, 1.807) is 18.2 Å². The maximum atomic E-state index is 14.3. The summed E-state index contributed by atoms with van der Waals surface area (Å²) in [6, 6.07) is 9.37. The number of rotatable bonds is 3. The van der Waals surface area contributed by atoms with Gasteiger partial charge < -0.3 is 14.5 Å². The van der Waals surface area contributed by atoms with Gasteiger partial charge in [0.25, 0.3) is 5.91 Å². The van der Waals surface area contributed by atoms with Gasteiger partial charge in [0.15, 0.2) is 28.8 Å². The summed E-state index contributed by atoms with van der Waals surface area (Å²) in [5.41, 5.74) is -0.539. The average molecular weight is 448 g/mol. The number of phenolic OH excluding ortho intramolecular Hbond substituents is 1. The first-order valence-corrected chi connectivity index (χ1v) is 9.51. The number of hydrogen-bond acceptors (Lipinski definition) is 5. The summed E-state index contributed by atoms with van der Waals surface area (Å²) in [6.07, 6.45) is 0.672. The van der Waals surface area contributed by atoms with E-state index < -0.39 is 46.0 Å². The van der Waals surface area contributed by atoms with Crippen molar-refractivity contribution in [3.05, 3.63) is 69.6 Å². The van der Waals surface area contributed by atoms with Crippen molar-refractivity contribution < 1.29 is 27.6 Å². The molecule has 2 aromatic carbocycles. The van der Waals surface area contributed by atoms with Crippen molar-refractivity contribution >= 4 is 17.5 Å². The zero-order valence-electron chi connectivity index (χ0n) is 15.7. The summed E-state index contributed by atoms with van der Waals surface area (Å²) in [4.78, 5) is 14.4. The van der Waals surface area contributed by atoms with Gasteiger partial charge in [-0.05, 0) is 30.2 Å². The van der Waals surface area contributed by atoms with Gasteiger partial charge in [-0.3, -0.25) is 4.79 Å². The standard InChI is InChI=1S/C21H13ClF3N3O3/c22-12-3-1-10(2-4-12)11-5-6-28(9-11)21(30)18-14(8-26)20(31-27-18)13-7-15(23)17(25)19(29)16(13)24/h1-4,7,11,29H,5-6,9H2. The van der Waals surface area contributed by atoms with Gasteiger partial charge in [0.2, 0.25) is 5.82 Å². The second kappa shape index (κ2) is 7.96. The SMILES string of the molecule is N#Cc1c(C(=O)N2CCC(c3ccc(Cl)cc3)C2)noc1-c1cc(F)c(F)c(O)c1F. The summed E-state index contributed by atoms with van der Waals surface area (Å²) in [6.45, 7) is 0.743. The summed E-state index contributed by atoms with van der Waals surface area (Å²) >= 11 is 5.90. The highest BCUT2D eigenvalue weighted by Crippen LogP contribution is 2.36. The van der Waals surface area contributed by atoms with E-state index in [1.807, 2.05) is 12.1 Å². The van der Waals surface area contributed by atoms with Crippen LogP contribution in [-0.2, 0) is 0 Å². The molecule has 1 aliphatic rings. The molecule has 31 heavy (non-hydrogen) atoms. The van der Waals surface area contributed by atoms with Crippen molar-refractivity contribution in [1.29, 1.82) is 5.26 Å². The highest BCUT2D eigenvalue weighted by atomic mass is 35.5. The lowest BCUT2D eigenvalue weighted by Crippen LogP contribution is -2.29. The van der Waals surface area contributed by atoms with Crippen LogP contribution in [0.1, 0.15) is 34.0 Å². The number of aromatic hydroxyl groups is 1. The maximum absolute atomic E-state index is 14.3. The number of nitriles is 1. The lowest BCUT2D eigenvalue weighted by Gasteiger charge is -2.15. The van der Waals surface area contributed by atoms with E-state index >= 15 is 0 Å². The van der Waals surface area contributed by atoms with Crippen molar-refractivity contribution in [2.24, 2.45) is 0 Å². The molecule has 1 amide bonds. The van der Waals surface area contributed by atoms with E-state index in [9.17, 15) is 28.3 Å². The number of amides is 1. The Morgan fingerprint density at radius 3 is 2.65 bits per heavy atom. The van der Waals surface area contributed by atoms with Gasteiger partial charge in [-0.1, -0.05) is 28.9 Å². The van der Waals surface area contributed by atoms with Crippen molar-refractivity contribution in [2.75, 3.05) is 13.1 Å². The number of halogens is 4. The van der Waals surface area contributed by atoms with Crippen molar-refractivity contribution in [2.45, 2.75) is 12.3 Å². The van der Waals surface area contributed by atoms with E-state index in [4.69, 9.17) is 16.1 Å². The predicted molar refractivity (Wildman–Crippen MR) is 103 cm³/mol. The second-order valence-corrected chi connectivity index (χ2v) is 7.45. The van der Waals surface area contributed by atoms with Crippen LogP contribution in [0.2, 0.25) is 5.02 Å². The molecule has 1 N–H and O–H groups in total. The third kappa shape index (κ3) is 3.59. The lowest BCUT2D eigenvalue weighted by molar-refractivity contribution is 0.0780. The van der Waals surface area contributed by atoms with Crippen LogP contribution in [0, 0.1) is 28.8 Å². The average Bonchev–Trinajstić information content (AvgIpc) is 3.42. The van der Waals surface area contributed by atoms with Gasteiger partial charge in [-0.15, -0.1) is 0 Å². The molecule has 1 aromatic heterocycles. The molecular weight excluding hydrogens is 435 g/mol. The molecule has 1 saturated heterocycles. The molecule has 0 spiro atoms. The van der Waals surface area contributed by atoms with Crippen LogP contribution in [-0.4, -0.2) is 34.2 Å². The fourth-order valence-electron chi connectivity index (χ4n) is 3.58. The Bertz CT molecular complexity index is 1220. The molecule has 0 radical (unpaired) electrons. The Balaban J connectivity index is 1.63. The minimum absolute atomic E-state index is 0.0544. The topological polar surface area (TPSA) is 90.4 Å². The highest BCUT2D eigenvalue weighted by Gasteiger charge is 2.34. The Labute approximate surface area is 179 Å².